The maximum absolute atomic E-state index is 13.4. The molecule has 4 heterocycles. The second-order valence-corrected chi connectivity index (χ2v) is 11.1. The Morgan fingerprint density at radius 2 is 1.47 bits per heavy atom. The minimum atomic E-state index is -0.672. The number of urea groups is 1. The van der Waals surface area contributed by atoms with Gasteiger partial charge in [0.15, 0.2) is 0 Å². The number of amides is 3. The van der Waals surface area contributed by atoms with Crippen LogP contribution < -0.4 is 0 Å². The molecule has 0 atom stereocenters. The van der Waals surface area contributed by atoms with Crippen LogP contribution in [0.25, 0.3) is 0 Å². The lowest BCUT2D eigenvalue weighted by Gasteiger charge is -2.42. The fourth-order valence-electron chi connectivity index (χ4n) is 5.80. The van der Waals surface area contributed by atoms with Crippen LogP contribution in [0.3, 0.4) is 0 Å². The molecule has 0 unspecified atom stereocenters. The molecule has 3 amide bonds. The van der Waals surface area contributed by atoms with Crippen LogP contribution in [0.15, 0.2) is 42.5 Å². The molecule has 1 aromatic carbocycles. The molecule has 0 bridgehead atoms. The van der Waals surface area contributed by atoms with Gasteiger partial charge in [-0.15, -0.1) is 11.3 Å². The number of rotatable bonds is 8. The van der Waals surface area contributed by atoms with Crippen LogP contribution >= 0.6 is 11.3 Å². The number of carbonyl (C=O) groups excluding carboxylic acids is 2. The number of piperidine rings is 1. The van der Waals surface area contributed by atoms with Crippen molar-refractivity contribution in [3.63, 3.8) is 0 Å². The first-order valence-corrected chi connectivity index (χ1v) is 13.6. The van der Waals surface area contributed by atoms with Crippen molar-refractivity contribution in [1.29, 1.82) is 0 Å². The maximum atomic E-state index is 13.4. The number of likely N-dealkylation sites (N-methyl/N-ethyl adjacent to an activating group) is 1. The summed E-state index contributed by atoms with van der Waals surface area (Å²) in [5.74, 6) is 0.0109. The number of carbonyl (C=O) groups is 2. The molecule has 6 nitrogen and oxygen atoms in total. The summed E-state index contributed by atoms with van der Waals surface area (Å²) >= 11 is 1.93. The van der Waals surface area contributed by atoms with Gasteiger partial charge in [-0.25, -0.2) is 4.79 Å². The highest BCUT2D eigenvalue weighted by Crippen LogP contribution is 2.38. The first kappa shape index (κ1) is 23.5. The van der Waals surface area contributed by atoms with Gasteiger partial charge < -0.3 is 4.90 Å². The van der Waals surface area contributed by atoms with E-state index in [-0.39, 0.29) is 11.9 Å². The Labute approximate surface area is 207 Å². The molecule has 0 radical (unpaired) electrons. The van der Waals surface area contributed by atoms with E-state index in [1.165, 1.54) is 46.1 Å². The molecule has 5 rings (SSSR count). The number of imide groups is 1. The van der Waals surface area contributed by atoms with Gasteiger partial charge in [0.25, 0.3) is 5.91 Å². The van der Waals surface area contributed by atoms with Gasteiger partial charge >= 0.3 is 6.03 Å². The van der Waals surface area contributed by atoms with Crippen LogP contribution in [0.1, 0.15) is 47.9 Å². The van der Waals surface area contributed by atoms with Gasteiger partial charge in [-0.1, -0.05) is 30.3 Å². The zero-order chi connectivity index (χ0) is 23.5. The minimum absolute atomic E-state index is 0.0109. The van der Waals surface area contributed by atoms with E-state index < -0.39 is 5.54 Å². The van der Waals surface area contributed by atoms with E-state index in [1.54, 1.807) is 0 Å². The van der Waals surface area contributed by atoms with E-state index in [1.807, 2.05) is 41.4 Å². The fourth-order valence-corrected chi connectivity index (χ4v) is 6.90. The molecular weight excluding hydrogens is 444 g/mol. The number of benzene rings is 1. The lowest BCUT2D eigenvalue weighted by Crippen LogP contribution is -2.56. The zero-order valence-electron chi connectivity index (χ0n) is 20.2. The zero-order valence-corrected chi connectivity index (χ0v) is 21.1. The van der Waals surface area contributed by atoms with Crippen molar-refractivity contribution in [2.45, 2.75) is 57.7 Å². The Kier molecular flexibility index (Phi) is 7.04. The molecule has 34 heavy (non-hydrogen) atoms. The monoisotopic (exact) mass is 480 g/mol. The molecule has 3 aliphatic rings. The van der Waals surface area contributed by atoms with Crippen LogP contribution in [-0.4, -0.2) is 76.3 Å². The molecular formula is C27H36N4O2S. The van der Waals surface area contributed by atoms with E-state index in [0.29, 0.717) is 13.1 Å². The van der Waals surface area contributed by atoms with Crippen molar-refractivity contribution in [3.8, 4) is 0 Å². The van der Waals surface area contributed by atoms with E-state index in [0.717, 1.165) is 45.4 Å². The molecule has 2 aromatic rings. The predicted molar refractivity (Wildman–Crippen MR) is 136 cm³/mol. The molecule has 3 fully saturated rings. The number of hydrogen-bond donors (Lipinski definition) is 0. The van der Waals surface area contributed by atoms with E-state index in [4.69, 9.17) is 0 Å². The number of likely N-dealkylation sites (tertiary alicyclic amines) is 2. The second kappa shape index (κ2) is 10.2. The van der Waals surface area contributed by atoms with Gasteiger partial charge in [-0.05, 0) is 69.8 Å². The smallest absolute Gasteiger partial charge is 0.309 e. The first-order valence-electron chi connectivity index (χ1n) is 12.8. The third kappa shape index (κ3) is 4.66. The Morgan fingerprint density at radius 1 is 0.853 bits per heavy atom. The highest BCUT2D eigenvalue weighted by Gasteiger charge is 2.57. The normalized spacial score (nSPS) is 21.3. The summed E-state index contributed by atoms with van der Waals surface area (Å²) in [6, 6.07) is 14.7. The Hall–Kier alpha value is -2.22. The van der Waals surface area contributed by atoms with E-state index in [2.05, 4.69) is 34.1 Å². The van der Waals surface area contributed by atoms with Crippen molar-refractivity contribution >= 4 is 23.3 Å². The Morgan fingerprint density at radius 3 is 2.09 bits per heavy atom. The second-order valence-electron chi connectivity index (χ2n) is 9.88. The van der Waals surface area contributed by atoms with Crippen molar-refractivity contribution in [1.82, 2.24) is 19.6 Å². The number of hydrogen-bond acceptors (Lipinski definition) is 5. The van der Waals surface area contributed by atoms with Crippen LogP contribution in [0, 0.1) is 0 Å². The van der Waals surface area contributed by atoms with Gasteiger partial charge in [-0.3, -0.25) is 19.5 Å². The first-order chi connectivity index (χ1) is 16.6. The van der Waals surface area contributed by atoms with Gasteiger partial charge in [0.05, 0.1) is 0 Å². The largest absolute Gasteiger partial charge is 0.327 e. The van der Waals surface area contributed by atoms with Crippen molar-refractivity contribution < 1.29 is 9.59 Å². The van der Waals surface area contributed by atoms with Crippen LogP contribution in [0.4, 0.5) is 4.79 Å². The summed E-state index contributed by atoms with van der Waals surface area (Å²) in [7, 11) is 0. The maximum Gasteiger partial charge on any atom is 0.327 e. The summed E-state index contributed by atoms with van der Waals surface area (Å²) in [4.78, 5) is 37.8. The molecule has 7 heteroatoms. The SMILES string of the molecule is CCN1C(=O)N(CCc2ccccc2)C2(CCN(Cc3ccc(CN4CCCC4)s3)CC2)C1=O. The van der Waals surface area contributed by atoms with Crippen LogP contribution in [-0.2, 0) is 24.3 Å². The summed E-state index contributed by atoms with van der Waals surface area (Å²) in [6.45, 7) is 9.09. The summed E-state index contributed by atoms with van der Waals surface area (Å²) in [5, 5.41) is 0. The van der Waals surface area contributed by atoms with Gasteiger partial charge in [0, 0.05) is 49.0 Å². The molecule has 3 saturated heterocycles. The summed E-state index contributed by atoms with van der Waals surface area (Å²) in [5.41, 5.74) is 0.530. The molecule has 0 saturated carbocycles. The topological polar surface area (TPSA) is 47.1 Å². The van der Waals surface area contributed by atoms with Crippen LogP contribution in [0.2, 0.25) is 0 Å². The molecule has 3 aliphatic heterocycles. The van der Waals surface area contributed by atoms with Crippen LogP contribution in [0.5, 0.6) is 0 Å². The molecule has 1 spiro atoms. The average molecular weight is 481 g/mol. The summed E-state index contributed by atoms with van der Waals surface area (Å²) in [6.07, 6.45) is 4.86. The van der Waals surface area contributed by atoms with Crippen molar-refractivity contribution in [3.05, 3.63) is 57.8 Å². The predicted octanol–water partition coefficient (Wildman–Crippen LogP) is 4.21. The third-order valence-electron chi connectivity index (χ3n) is 7.76. The van der Waals surface area contributed by atoms with Gasteiger partial charge in [0.2, 0.25) is 0 Å². The Bertz CT molecular complexity index is 993. The van der Waals surface area contributed by atoms with E-state index >= 15 is 0 Å². The number of nitrogens with zero attached hydrogens (tertiary/aromatic N) is 4. The molecule has 182 valence electrons. The molecule has 0 aliphatic carbocycles. The quantitative estimate of drug-likeness (QED) is 0.531. The third-order valence-corrected chi connectivity index (χ3v) is 8.82. The van der Waals surface area contributed by atoms with Crippen molar-refractivity contribution in [2.75, 3.05) is 39.3 Å². The number of thiophene rings is 1. The van der Waals surface area contributed by atoms with Crippen molar-refractivity contribution in [2.24, 2.45) is 0 Å². The molecule has 0 N–H and O–H groups in total. The highest BCUT2D eigenvalue weighted by molar-refractivity contribution is 7.11. The minimum Gasteiger partial charge on any atom is -0.309 e. The lowest BCUT2D eigenvalue weighted by molar-refractivity contribution is -0.135. The molecule has 1 aromatic heterocycles. The fraction of sp³-hybridized carbons (Fsp3) is 0.556. The van der Waals surface area contributed by atoms with Gasteiger partial charge in [-0.2, -0.15) is 0 Å². The average Bonchev–Trinajstić information content (AvgIpc) is 3.57. The van der Waals surface area contributed by atoms with E-state index in [9.17, 15) is 9.59 Å². The highest BCUT2D eigenvalue weighted by atomic mass is 32.1. The Balaban J connectivity index is 1.22. The van der Waals surface area contributed by atoms with Gasteiger partial charge in [0.1, 0.15) is 5.54 Å². The summed E-state index contributed by atoms with van der Waals surface area (Å²) < 4.78 is 0. The lowest BCUT2D eigenvalue weighted by atomic mass is 9.85. The standard InChI is InChI=1S/C27H36N4O2S/c1-2-30-25(32)27(31(26(30)33)17-12-22-8-4-3-5-9-22)13-18-29(19-14-27)21-24-11-10-23(34-24)20-28-15-6-7-16-28/h3-5,8-11H,2,6-7,12-21H2,1H3.